The third-order valence-corrected chi connectivity index (χ3v) is 2.68. The van der Waals surface area contributed by atoms with Gasteiger partial charge in [-0.3, -0.25) is 0 Å². The van der Waals surface area contributed by atoms with Crippen molar-refractivity contribution in [2.45, 2.75) is 26.6 Å². The van der Waals surface area contributed by atoms with Gasteiger partial charge in [0.15, 0.2) is 17.6 Å². The average molecular weight is 254 g/mol. The summed E-state index contributed by atoms with van der Waals surface area (Å²) in [6, 6.07) is 3.63. The molecule has 1 aromatic rings. The maximum Gasteiger partial charge on any atom is 0.332 e. The molecule has 18 heavy (non-hydrogen) atoms. The van der Waals surface area contributed by atoms with E-state index in [4.69, 9.17) is 19.3 Å². The Bertz CT molecular complexity index is 428. The molecular formula is C13H18O5. The molecule has 0 amide bonds. The maximum absolute atomic E-state index is 10.7. The summed E-state index contributed by atoms with van der Waals surface area (Å²) >= 11 is 0. The summed E-state index contributed by atoms with van der Waals surface area (Å²) < 4.78 is 15.6. The van der Waals surface area contributed by atoms with Gasteiger partial charge in [0.1, 0.15) is 0 Å². The highest BCUT2D eigenvalue weighted by atomic mass is 16.5. The zero-order valence-corrected chi connectivity index (χ0v) is 11.0. The van der Waals surface area contributed by atoms with Crippen molar-refractivity contribution in [2.24, 2.45) is 0 Å². The Morgan fingerprint density at radius 2 is 1.83 bits per heavy atom. The van der Waals surface area contributed by atoms with Gasteiger partial charge in [-0.2, -0.15) is 0 Å². The first-order chi connectivity index (χ1) is 8.49. The van der Waals surface area contributed by atoms with Crippen molar-refractivity contribution in [1.82, 2.24) is 0 Å². The second-order valence-electron chi connectivity index (χ2n) is 3.93. The quantitative estimate of drug-likeness (QED) is 0.841. The summed E-state index contributed by atoms with van der Waals surface area (Å²) in [6.45, 7) is 3.63. The van der Waals surface area contributed by atoms with Crippen molar-refractivity contribution in [3.8, 4) is 11.5 Å². The van der Waals surface area contributed by atoms with Gasteiger partial charge in [0, 0.05) is 0 Å². The van der Waals surface area contributed by atoms with Crippen molar-refractivity contribution in [1.29, 1.82) is 0 Å². The van der Waals surface area contributed by atoms with E-state index in [0.29, 0.717) is 11.5 Å². The van der Waals surface area contributed by atoms with E-state index in [0.717, 1.165) is 11.1 Å². The minimum absolute atomic E-state index is 0.222. The van der Waals surface area contributed by atoms with E-state index in [2.05, 4.69) is 0 Å². The Labute approximate surface area is 106 Å². The molecule has 1 aromatic carbocycles. The predicted molar refractivity (Wildman–Crippen MR) is 66.2 cm³/mol. The number of methoxy groups -OCH3 is 2. The number of hydrogen-bond donors (Lipinski definition) is 1. The lowest BCUT2D eigenvalue weighted by Gasteiger charge is -2.14. The van der Waals surface area contributed by atoms with Crippen molar-refractivity contribution in [2.75, 3.05) is 14.2 Å². The fourth-order valence-corrected chi connectivity index (χ4v) is 1.46. The van der Waals surface area contributed by atoms with Crippen LogP contribution < -0.4 is 9.47 Å². The predicted octanol–water partition coefficient (Wildman–Crippen LogP) is 2.00. The van der Waals surface area contributed by atoms with Gasteiger partial charge in [-0.25, -0.2) is 4.79 Å². The molecule has 0 aromatic heterocycles. The molecule has 0 saturated heterocycles. The van der Waals surface area contributed by atoms with Crippen LogP contribution >= 0.6 is 0 Å². The molecule has 100 valence electrons. The summed E-state index contributed by atoms with van der Waals surface area (Å²) in [6.07, 6.45) is -0.836. The molecule has 0 bridgehead atoms. The Morgan fingerprint density at radius 1 is 1.28 bits per heavy atom. The second-order valence-corrected chi connectivity index (χ2v) is 3.93. The standard InChI is InChI=1S/C13H18O5/c1-8-5-11(16-3)12(17-4)6-10(8)7-18-9(2)13(14)15/h5-6,9H,7H2,1-4H3,(H,14,15). The van der Waals surface area contributed by atoms with Crippen LogP contribution in [0.15, 0.2) is 12.1 Å². The summed E-state index contributed by atoms with van der Waals surface area (Å²) in [7, 11) is 3.12. The van der Waals surface area contributed by atoms with E-state index in [1.807, 2.05) is 13.0 Å². The van der Waals surface area contributed by atoms with Crippen LogP contribution in [-0.4, -0.2) is 31.4 Å². The Balaban J connectivity index is 2.86. The number of aryl methyl sites for hydroxylation is 1. The summed E-state index contributed by atoms with van der Waals surface area (Å²) in [4.78, 5) is 10.7. The lowest BCUT2D eigenvalue weighted by molar-refractivity contribution is -0.149. The van der Waals surface area contributed by atoms with Crippen LogP contribution in [-0.2, 0) is 16.1 Å². The zero-order chi connectivity index (χ0) is 13.7. The molecule has 0 fully saturated rings. The topological polar surface area (TPSA) is 65.0 Å². The number of hydrogen-bond acceptors (Lipinski definition) is 4. The van der Waals surface area contributed by atoms with Crippen molar-refractivity contribution < 1.29 is 24.1 Å². The van der Waals surface area contributed by atoms with Crippen LogP contribution in [0.5, 0.6) is 11.5 Å². The van der Waals surface area contributed by atoms with E-state index >= 15 is 0 Å². The maximum atomic E-state index is 10.7. The van der Waals surface area contributed by atoms with Gasteiger partial charge >= 0.3 is 5.97 Å². The molecule has 0 heterocycles. The van der Waals surface area contributed by atoms with Gasteiger partial charge in [0.2, 0.25) is 0 Å². The van der Waals surface area contributed by atoms with Crippen LogP contribution in [0, 0.1) is 6.92 Å². The van der Waals surface area contributed by atoms with E-state index in [1.165, 1.54) is 6.92 Å². The van der Waals surface area contributed by atoms with Crippen LogP contribution in [0.3, 0.4) is 0 Å². The highest BCUT2D eigenvalue weighted by Crippen LogP contribution is 2.30. The number of carbonyl (C=O) groups is 1. The fraction of sp³-hybridized carbons (Fsp3) is 0.462. The van der Waals surface area contributed by atoms with Crippen molar-refractivity contribution in [3.05, 3.63) is 23.3 Å². The zero-order valence-electron chi connectivity index (χ0n) is 11.0. The van der Waals surface area contributed by atoms with E-state index in [-0.39, 0.29) is 6.61 Å². The molecule has 1 N–H and O–H groups in total. The second kappa shape index (κ2) is 6.26. The van der Waals surface area contributed by atoms with Crippen LogP contribution in [0.2, 0.25) is 0 Å². The fourth-order valence-electron chi connectivity index (χ4n) is 1.46. The van der Waals surface area contributed by atoms with Gasteiger partial charge in [0.05, 0.1) is 20.8 Å². The van der Waals surface area contributed by atoms with Gasteiger partial charge in [0.25, 0.3) is 0 Å². The van der Waals surface area contributed by atoms with E-state index in [1.54, 1.807) is 20.3 Å². The number of aliphatic carboxylic acids is 1. The Morgan fingerprint density at radius 3 is 2.33 bits per heavy atom. The number of carboxylic acid groups (broad SMARTS) is 1. The Hall–Kier alpha value is -1.75. The van der Waals surface area contributed by atoms with Crippen LogP contribution in [0.4, 0.5) is 0 Å². The molecule has 0 spiro atoms. The lowest BCUT2D eigenvalue weighted by Crippen LogP contribution is -2.19. The monoisotopic (exact) mass is 254 g/mol. The smallest absolute Gasteiger partial charge is 0.332 e. The first-order valence-electron chi connectivity index (χ1n) is 5.55. The third kappa shape index (κ3) is 3.37. The molecular weight excluding hydrogens is 236 g/mol. The SMILES string of the molecule is COc1cc(C)c(COC(C)C(=O)O)cc1OC. The molecule has 5 heteroatoms. The van der Waals surface area contributed by atoms with E-state index < -0.39 is 12.1 Å². The van der Waals surface area contributed by atoms with Gasteiger partial charge < -0.3 is 19.3 Å². The highest BCUT2D eigenvalue weighted by Gasteiger charge is 2.13. The molecule has 5 nitrogen and oxygen atoms in total. The average Bonchev–Trinajstić information content (AvgIpc) is 2.36. The molecule has 0 aliphatic heterocycles. The van der Waals surface area contributed by atoms with E-state index in [9.17, 15) is 4.79 Å². The summed E-state index contributed by atoms with van der Waals surface area (Å²) in [5.74, 6) is 0.267. The van der Waals surface area contributed by atoms with Gasteiger partial charge in [-0.1, -0.05) is 0 Å². The first-order valence-corrected chi connectivity index (χ1v) is 5.55. The molecule has 0 saturated carbocycles. The van der Waals surface area contributed by atoms with Crippen molar-refractivity contribution in [3.63, 3.8) is 0 Å². The number of rotatable bonds is 6. The number of ether oxygens (including phenoxy) is 3. The number of benzene rings is 1. The first kappa shape index (κ1) is 14.3. The summed E-state index contributed by atoms with van der Waals surface area (Å²) in [5, 5.41) is 8.74. The normalized spacial score (nSPS) is 12.0. The van der Waals surface area contributed by atoms with Crippen molar-refractivity contribution >= 4 is 5.97 Å². The largest absolute Gasteiger partial charge is 0.493 e. The summed E-state index contributed by atoms with van der Waals surface area (Å²) in [5.41, 5.74) is 1.84. The third-order valence-electron chi connectivity index (χ3n) is 2.68. The molecule has 1 unspecified atom stereocenters. The van der Waals surface area contributed by atoms with Crippen LogP contribution in [0.1, 0.15) is 18.1 Å². The molecule has 0 aliphatic carbocycles. The minimum Gasteiger partial charge on any atom is -0.493 e. The molecule has 0 aliphatic rings. The molecule has 0 radical (unpaired) electrons. The molecule has 1 rings (SSSR count). The van der Waals surface area contributed by atoms with Gasteiger partial charge in [-0.05, 0) is 37.1 Å². The number of carboxylic acids is 1. The minimum atomic E-state index is -0.979. The van der Waals surface area contributed by atoms with Crippen LogP contribution in [0.25, 0.3) is 0 Å². The molecule has 1 atom stereocenters. The van der Waals surface area contributed by atoms with Gasteiger partial charge in [-0.15, -0.1) is 0 Å². The Kier molecular flexibility index (Phi) is 4.97. The lowest BCUT2D eigenvalue weighted by atomic mass is 10.1. The highest BCUT2D eigenvalue weighted by molar-refractivity contribution is 5.71.